The maximum absolute atomic E-state index is 11.8. The summed E-state index contributed by atoms with van der Waals surface area (Å²) in [5, 5.41) is 18.6. The zero-order valence-corrected chi connectivity index (χ0v) is 10.0. The Hall–Kier alpha value is -1.59. The predicted octanol–water partition coefficient (Wildman–Crippen LogP) is 0.751. The highest BCUT2D eigenvalue weighted by molar-refractivity contribution is 5.68. The van der Waals surface area contributed by atoms with E-state index in [-0.39, 0.29) is 25.8 Å². The van der Waals surface area contributed by atoms with Crippen LogP contribution < -0.4 is 0 Å². The molecule has 0 aliphatic carbocycles. The van der Waals surface area contributed by atoms with Gasteiger partial charge in [0.15, 0.2) is 0 Å². The smallest absolute Gasteiger partial charge is 0.410 e. The van der Waals surface area contributed by atoms with Crippen LogP contribution in [-0.4, -0.2) is 46.5 Å². The molecule has 0 aromatic heterocycles. The number of β-amino-alcohol motifs (C(OH)–C–C–N with tert-alkyl or cyclic N) is 1. The van der Waals surface area contributed by atoms with Crippen molar-refractivity contribution in [2.45, 2.75) is 25.2 Å². The Bertz CT molecular complexity index is 395. The van der Waals surface area contributed by atoms with E-state index in [2.05, 4.69) is 0 Å². The number of nitrogens with zero attached hydrogens (tertiary/aromatic N) is 1. The van der Waals surface area contributed by atoms with Crippen LogP contribution in [0.25, 0.3) is 0 Å². The van der Waals surface area contributed by atoms with Gasteiger partial charge >= 0.3 is 6.09 Å². The van der Waals surface area contributed by atoms with Crippen LogP contribution in [0.3, 0.4) is 0 Å². The molecule has 1 saturated heterocycles. The monoisotopic (exact) mass is 251 g/mol. The third-order valence-electron chi connectivity index (χ3n) is 3.04. The van der Waals surface area contributed by atoms with Crippen LogP contribution in [0, 0.1) is 0 Å². The van der Waals surface area contributed by atoms with Crippen molar-refractivity contribution in [2.24, 2.45) is 0 Å². The minimum absolute atomic E-state index is 0.155. The van der Waals surface area contributed by atoms with Gasteiger partial charge in [-0.1, -0.05) is 30.3 Å². The normalized spacial score (nSPS) is 23.1. The summed E-state index contributed by atoms with van der Waals surface area (Å²) in [6, 6.07) is 9.04. The summed E-state index contributed by atoms with van der Waals surface area (Å²) in [6.45, 7) is 0.265. The summed E-state index contributed by atoms with van der Waals surface area (Å²) in [5.74, 6) is 0. The van der Waals surface area contributed by atoms with E-state index in [1.54, 1.807) is 0 Å². The molecule has 2 rings (SSSR count). The van der Waals surface area contributed by atoms with Crippen molar-refractivity contribution in [3.63, 3.8) is 0 Å². The lowest BCUT2D eigenvalue weighted by Crippen LogP contribution is -2.38. The molecule has 1 aromatic rings. The molecule has 0 radical (unpaired) electrons. The molecule has 2 atom stereocenters. The molecule has 1 fully saturated rings. The lowest BCUT2D eigenvalue weighted by atomic mass is 10.2. The highest BCUT2D eigenvalue weighted by Gasteiger charge is 2.34. The zero-order chi connectivity index (χ0) is 13.0. The van der Waals surface area contributed by atoms with Crippen molar-refractivity contribution in [3.8, 4) is 0 Å². The van der Waals surface area contributed by atoms with E-state index in [1.807, 2.05) is 30.3 Å². The third-order valence-corrected chi connectivity index (χ3v) is 3.04. The number of amides is 1. The first kappa shape index (κ1) is 12.9. The predicted molar refractivity (Wildman–Crippen MR) is 64.8 cm³/mol. The van der Waals surface area contributed by atoms with Gasteiger partial charge in [-0.2, -0.15) is 0 Å². The van der Waals surface area contributed by atoms with Gasteiger partial charge in [0.05, 0.1) is 25.3 Å². The third kappa shape index (κ3) is 3.00. The largest absolute Gasteiger partial charge is 0.445 e. The van der Waals surface area contributed by atoms with Gasteiger partial charge in [-0.25, -0.2) is 4.79 Å². The van der Waals surface area contributed by atoms with Crippen molar-refractivity contribution in [1.82, 2.24) is 4.90 Å². The molecule has 0 bridgehead atoms. The molecular weight excluding hydrogens is 234 g/mol. The molecule has 2 N–H and O–H groups in total. The Labute approximate surface area is 106 Å². The lowest BCUT2D eigenvalue weighted by molar-refractivity contribution is 0.0772. The molecule has 98 valence electrons. The van der Waals surface area contributed by atoms with Gasteiger partial charge in [0, 0.05) is 0 Å². The molecule has 5 nitrogen and oxygen atoms in total. The molecule has 18 heavy (non-hydrogen) atoms. The Morgan fingerprint density at radius 1 is 1.39 bits per heavy atom. The van der Waals surface area contributed by atoms with Crippen molar-refractivity contribution in [1.29, 1.82) is 0 Å². The summed E-state index contributed by atoms with van der Waals surface area (Å²) in [7, 11) is 0. The standard InChI is InChI=1S/C13H17NO4/c15-8-11-6-12(16)7-14(11)13(17)18-9-10-4-2-1-3-5-10/h1-5,11-12,15-16H,6-9H2/t11-,12-/m0/s1. The van der Waals surface area contributed by atoms with E-state index in [0.717, 1.165) is 5.56 Å². The molecule has 0 saturated carbocycles. The molecule has 0 spiro atoms. The van der Waals surface area contributed by atoms with Crippen LogP contribution in [0.5, 0.6) is 0 Å². The summed E-state index contributed by atoms with van der Waals surface area (Å²) in [6.07, 6.45) is -0.669. The van der Waals surface area contributed by atoms with Crippen molar-refractivity contribution < 1.29 is 19.7 Å². The Morgan fingerprint density at radius 3 is 2.78 bits per heavy atom. The Kier molecular flexibility index (Phi) is 4.17. The highest BCUT2D eigenvalue weighted by atomic mass is 16.6. The molecule has 0 unspecified atom stereocenters. The quantitative estimate of drug-likeness (QED) is 0.831. The van der Waals surface area contributed by atoms with Crippen LogP contribution in [-0.2, 0) is 11.3 Å². The topological polar surface area (TPSA) is 70.0 Å². The second kappa shape index (κ2) is 5.84. The number of hydrogen-bond acceptors (Lipinski definition) is 4. The molecule has 1 aliphatic heterocycles. The Morgan fingerprint density at radius 2 is 2.11 bits per heavy atom. The number of benzene rings is 1. The molecule has 1 amide bonds. The van der Waals surface area contributed by atoms with Gasteiger partial charge in [0.2, 0.25) is 0 Å². The summed E-state index contributed by atoms with van der Waals surface area (Å²) in [4.78, 5) is 13.2. The van der Waals surface area contributed by atoms with Gasteiger partial charge in [0.25, 0.3) is 0 Å². The van der Waals surface area contributed by atoms with Crippen molar-refractivity contribution in [3.05, 3.63) is 35.9 Å². The van der Waals surface area contributed by atoms with Crippen molar-refractivity contribution in [2.75, 3.05) is 13.2 Å². The van der Waals surface area contributed by atoms with Crippen LogP contribution >= 0.6 is 0 Å². The average Bonchev–Trinajstić information content (AvgIpc) is 2.78. The number of likely N-dealkylation sites (tertiary alicyclic amines) is 1. The van der Waals surface area contributed by atoms with E-state index < -0.39 is 12.2 Å². The summed E-state index contributed by atoms with van der Waals surface area (Å²) in [5.41, 5.74) is 0.908. The van der Waals surface area contributed by atoms with Crippen LogP contribution in [0.4, 0.5) is 4.79 Å². The maximum atomic E-state index is 11.8. The fourth-order valence-corrected chi connectivity index (χ4v) is 2.09. The number of rotatable bonds is 3. The van der Waals surface area contributed by atoms with E-state index in [0.29, 0.717) is 6.42 Å². The molecule has 5 heteroatoms. The fraction of sp³-hybridized carbons (Fsp3) is 0.462. The van der Waals surface area contributed by atoms with Gasteiger partial charge in [-0.15, -0.1) is 0 Å². The van der Waals surface area contributed by atoms with E-state index in [4.69, 9.17) is 9.84 Å². The van der Waals surface area contributed by atoms with E-state index in [9.17, 15) is 9.90 Å². The molecular formula is C13H17NO4. The molecule has 1 aromatic carbocycles. The first-order valence-corrected chi connectivity index (χ1v) is 5.97. The minimum atomic E-state index is -0.577. The summed E-state index contributed by atoms with van der Waals surface area (Å²) < 4.78 is 5.16. The van der Waals surface area contributed by atoms with E-state index >= 15 is 0 Å². The van der Waals surface area contributed by atoms with Gasteiger partial charge in [0.1, 0.15) is 6.61 Å². The first-order valence-electron chi connectivity index (χ1n) is 5.97. The summed E-state index contributed by atoms with van der Waals surface area (Å²) >= 11 is 0. The van der Waals surface area contributed by atoms with Crippen LogP contribution in [0.15, 0.2) is 30.3 Å². The average molecular weight is 251 g/mol. The first-order chi connectivity index (χ1) is 8.70. The Balaban J connectivity index is 1.88. The lowest BCUT2D eigenvalue weighted by Gasteiger charge is -2.21. The molecule has 1 aliphatic rings. The van der Waals surface area contributed by atoms with E-state index in [1.165, 1.54) is 4.90 Å². The molecule has 1 heterocycles. The van der Waals surface area contributed by atoms with Gasteiger partial charge in [-0.3, -0.25) is 0 Å². The second-order valence-corrected chi connectivity index (χ2v) is 4.42. The zero-order valence-electron chi connectivity index (χ0n) is 10.0. The van der Waals surface area contributed by atoms with Gasteiger partial charge < -0.3 is 19.8 Å². The number of aliphatic hydroxyl groups is 2. The van der Waals surface area contributed by atoms with Crippen LogP contribution in [0.1, 0.15) is 12.0 Å². The van der Waals surface area contributed by atoms with Gasteiger partial charge in [-0.05, 0) is 12.0 Å². The van der Waals surface area contributed by atoms with Crippen LogP contribution in [0.2, 0.25) is 0 Å². The fourth-order valence-electron chi connectivity index (χ4n) is 2.09. The minimum Gasteiger partial charge on any atom is -0.445 e. The highest BCUT2D eigenvalue weighted by Crippen LogP contribution is 2.18. The van der Waals surface area contributed by atoms with Crippen molar-refractivity contribution >= 4 is 6.09 Å². The maximum Gasteiger partial charge on any atom is 0.410 e. The number of carbonyl (C=O) groups excluding carboxylic acids is 1. The second-order valence-electron chi connectivity index (χ2n) is 4.42. The SMILES string of the molecule is O=C(OCc1ccccc1)N1C[C@@H](O)C[C@H]1CO. The number of ether oxygens (including phenoxy) is 1. The number of carbonyl (C=O) groups is 1. The number of hydrogen-bond donors (Lipinski definition) is 2. The number of aliphatic hydroxyl groups excluding tert-OH is 2.